The predicted octanol–water partition coefficient (Wildman–Crippen LogP) is 6.73. The summed E-state index contributed by atoms with van der Waals surface area (Å²) in [5, 5.41) is 0. The molecule has 0 saturated heterocycles. The zero-order chi connectivity index (χ0) is 19.2. The van der Waals surface area contributed by atoms with E-state index in [0.29, 0.717) is 6.42 Å². The van der Waals surface area contributed by atoms with Gasteiger partial charge in [-0.25, -0.2) is 0 Å². The highest BCUT2D eigenvalue weighted by atomic mass is 32.9. The number of fused-ring (bicyclic) bond motifs is 3. The maximum absolute atomic E-state index is 13.4. The SMILES string of the molecule is Cc1ccc2c(c1)-c1c(ssc1=S)C(C)(C)N2C(=O)CCc1ccccc1. The molecule has 1 aromatic heterocycles. The first-order valence-electron chi connectivity index (χ1n) is 9.01. The Hall–Kier alpha value is -1.82. The fraction of sp³-hybridized carbons (Fsp3) is 0.273. The van der Waals surface area contributed by atoms with E-state index in [1.807, 2.05) is 23.1 Å². The second kappa shape index (κ2) is 6.97. The van der Waals surface area contributed by atoms with Crippen LogP contribution in [0.4, 0.5) is 5.69 Å². The summed E-state index contributed by atoms with van der Waals surface area (Å²) in [6, 6.07) is 16.5. The van der Waals surface area contributed by atoms with Crippen LogP contribution in [0.2, 0.25) is 0 Å². The van der Waals surface area contributed by atoms with E-state index in [1.165, 1.54) is 16.0 Å². The first-order chi connectivity index (χ1) is 12.9. The van der Waals surface area contributed by atoms with Crippen molar-refractivity contribution in [2.75, 3.05) is 4.90 Å². The van der Waals surface area contributed by atoms with Gasteiger partial charge in [-0.2, -0.15) is 0 Å². The molecule has 4 rings (SSSR count). The van der Waals surface area contributed by atoms with E-state index in [2.05, 4.69) is 51.1 Å². The summed E-state index contributed by atoms with van der Waals surface area (Å²) in [5.74, 6) is 0.156. The number of carbonyl (C=O) groups is 1. The summed E-state index contributed by atoms with van der Waals surface area (Å²) in [4.78, 5) is 16.5. The third-order valence-corrected chi connectivity index (χ3v) is 8.46. The van der Waals surface area contributed by atoms with E-state index in [9.17, 15) is 4.79 Å². The number of carbonyl (C=O) groups excluding carboxylic acids is 1. The van der Waals surface area contributed by atoms with E-state index >= 15 is 0 Å². The van der Waals surface area contributed by atoms with Crippen LogP contribution in [0.15, 0.2) is 48.5 Å². The van der Waals surface area contributed by atoms with Crippen molar-refractivity contribution in [2.45, 2.75) is 39.2 Å². The Morgan fingerprint density at radius 2 is 1.85 bits per heavy atom. The van der Waals surface area contributed by atoms with Crippen LogP contribution in [0.3, 0.4) is 0 Å². The number of amides is 1. The third kappa shape index (κ3) is 3.18. The maximum atomic E-state index is 13.4. The second-order valence-corrected chi connectivity index (χ2v) is 10.3. The summed E-state index contributed by atoms with van der Waals surface area (Å²) in [6.07, 6.45) is 1.24. The highest BCUT2D eigenvalue weighted by molar-refractivity contribution is 7.80. The molecule has 0 spiro atoms. The second-order valence-electron chi connectivity index (χ2n) is 7.45. The summed E-state index contributed by atoms with van der Waals surface area (Å²) < 4.78 is 0.923. The Morgan fingerprint density at radius 3 is 2.59 bits per heavy atom. The Labute approximate surface area is 172 Å². The summed E-state index contributed by atoms with van der Waals surface area (Å²) in [5.41, 5.74) is 5.20. The molecule has 2 aromatic carbocycles. The molecule has 0 aliphatic carbocycles. The van der Waals surface area contributed by atoms with Crippen molar-refractivity contribution >= 4 is 44.5 Å². The van der Waals surface area contributed by atoms with Gasteiger partial charge >= 0.3 is 0 Å². The number of rotatable bonds is 3. The van der Waals surface area contributed by atoms with Gasteiger partial charge in [0, 0.05) is 17.5 Å². The summed E-state index contributed by atoms with van der Waals surface area (Å²) in [6.45, 7) is 6.35. The predicted molar refractivity (Wildman–Crippen MR) is 118 cm³/mol. The summed E-state index contributed by atoms with van der Waals surface area (Å²) in [7, 11) is 3.34. The minimum atomic E-state index is -0.399. The van der Waals surface area contributed by atoms with Crippen LogP contribution >= 0.6 is 32.9 Å². The first-order valence-corrected chi connectivity index (χ1v) is 11.6. The quantitative estimate of drug-likeness (QED) is 0.352. The van der Waals surface area contributed by atoms with Gasteiger partial charge in [-0.05, 0) is 44.9 Å². The molecule has 5 heteroatoms. The number of nitrogens with zero attached hydrogens (tertiary/aromatic N) is 1. The lowest BCUT2D eigenvalue weighted by atomic mass is 9.86. The number of aryl methyl sites for hydroxylation is 2. The van der Waals surface area contributed by atoms with Gasteiger partial charge in [0.25, 0.3) is 0 Å². The molecule has 27 heavy (non-hydrogen) atoms. The molecule has 0 fully saturated rings. The molecule has 1 aliphatic rings. The summed E-state index contributed by atoms with van der Waals surface area (Å²) >= 11 is 5.64. The average molecular weight is 412 g/mol. The molecule has 3 aromatic rings. The topological polar surface area (TPSA) is 20.3 Å². The van der Waals surface area contributed by atoms with Crippen LogP contribution < -0.4 is 4.90 Å². The van der Waals surface area contributed by atoms with Crippen molar-refractivity contribution in [1.29, 1.82) is 0 Å². The average Bonchev–Trinajstić information content (AvgIpc) is 3.04. The van der Waals surface area contributed by atoms with Crippen LogP contribution in [0.1, 0.15) is 36.3 Å². The molecule has 0 unspecified atom stereocenters. The van der Waals surface area contributed by atoms with E-state index < -0.39 is 5.54 Å². The normalized spacial score (nSPS) is 14.6. The van der Waals surface area contributed by atoms with Gasteiger partial charge in [0.1, 0.15) is 3.82 Å². The Kier molecular flexibility index (Phi) is 4.78. The molecule has 0 atom stereocenters. The van der Waals surface area contributed by atoms with Gasteiger partial charge < -0.3 is 4.90 Å². The Bertz CT molecular complexity index is 1060. The zero-order valence-electron chi connectivity index (χ0n) is 15.6. The number of hydrogen-bond acceptors (Lipinski definition) is 4. The molecular formula is C22H21NOS3. The number of anilines is 1. The molecule has 1 amide bonds. The number of benzene rings is 2. The fourth-order valence-electron chi connectivity index (χ4n) is 3.80. The molecular weight excluding hydrogens is 390 g/mol. The van der Waals surface area contributed by atoms with Crippen LogP contribution in [0.25, 0.3) is 11.1 Å². The standard InChI is InChI=1S/C22H21NOS3/c1-14-9-11-17-16(13-14)19-20(26-27-21(19)25)22(2,3)23(17)18(24)12-10-15-7-5-4-6-8-15/h4-9,11,13H,10,12H2,1-3H3. The van der Waals surface area contributed by atoms with Crippen molar-refractivity contribution in [1.82, 2.24) is 0 Å². The minimum absolute atomic E-state index is 0.156. The van der Waals surface area contributed by atoms with Gasteiger partial charge in [-0.1, -0.05) is 74.9 Å². The van der Waals surface area contributed by atoms with Gasteiger partial charge in [-0.3, -0.25) is 4.79 Å². The van der Waals surface area contributed by atoms with Crippen molar-refractivity contribution in [3.8, 4) is 11.1 Å². The van der Waals surface area contributed by atoms with Crippen molar-refractivity contribution in [2.24, 2.45) is 0 Å². The molecule has 2 heterocycles. The van der Waals surface area contributed by atoms with Crippen LogP contribution in [0, 0.1) is 10.7 Å². The molecule has 2 nitrogen and oxygen atoms in total. The molecule has 0 radical (unpaired) electrons. The van der Waals surface area contributed by atoms with Crippen LogP contribution in [0.5, 0.6) is 0 Å². The van der Waals surface area contributed by atoms with Crippen molar-refractivity contribution in [3.63, 3.8) is 0 Å². The van der Waals surface area contributed by atoms with Gasteiger partial charge in [0.05, 0.1) is 16.1 Å². The van der Waals surface area contributed by atoms with E-state index in [0.717, 1.165) is 27.1 Å². The molecule has 0 saturated carbocycles. The van der Waals surface area contributed by atoms with E-state index in [4.69, 9.17) is 12.2 Å². The van der Waals surface area contributed by atoms with Crippen LogP contribution in [-0.2, 0) is 16.8 Å². The van der Waals surface area contributed by atoms with Crippen molar-refractivity contribution in [3.05, 3.63) is 68.4 Å². The first kappa shape index (κ1) is 18.5. The molecule has 0 N–H and O–H groups in total. The number of hydrogen-bond donors (Lipinski definition) is 0. The van der Waals surface area contributed by atoms with Crippen molar-refractivity contribution < 1.29 is 4.79 Å². The van der Waals surface area contributed by atoms with Gasteiger partial charge in [-0.15, -0.1) is 0 Å². The van der Waals surface area contributed by atoms with Gasteiger partial charge in [0.15, 0.2) is 0 Å². The zero-order valence-corrected chi connectivity index (χ0v) is 18.1. The fourth-order valence-corrected chi connectivity index (χ4v) is 7.08. The van der Waals surface area contributed by atoms with Gasteiger partial charge in [0.2, 0.25) is 5.91 Å². The van der Waals surface area contributed by atoms with E-state index in [-0.39, 0.29) is 5.91 Å². The monoisotopic (exact) mass is 411 g/mol. The third-order valence-electron chi connectivity index (χ3n) is 5.13. The van der Waals surface area contributed by atoms with Crippen LogP contribution in [-0.4, -0.2) is 5.91 Å². The minimum Gasteiger partial charge on any atom is -0.301 e. The maximum Gasteiger partial charge on any atom is 0.228 e. The highest BCUT2D eigenvalue weighted by Crippen LogP contribution is 2.52. The van der Waals surface area contributed by atoms with E-state index in [1.54, 1.807) is 20.7 Å². The Balaban J connectivity index is 1.76. The molecule has 1 aliphatic heterocycles. The lowest BCUT2D eigenvalue weighted by molar-refractivity contribution is -0.119. The highest BCUT2D eigenvalue weighted by Gasteiger charge is 2.42. The molecule has 138 valence electrons. The lowest BCUT2D eigenvalue weighted by Gasteiger charge is -2.43. The Morgan fingerprint density at radius 1 is 1.11 bits per heavy atom. The largest absolute Gasteiger partial charge is 0.301 e. The molecule has 0 bridgehead atoms. The smallest absolute Gasteiger partial charge is 0.228 e. The lowest BCUT2D eigenvalue weighted by Crippen LogP contribution is -2.47.